The molecule has 12 heteroatoms. The van der Waals surface area contributed by atoms with E-state index in [1.54, 1.807) is 6.07 Å². The summed E-state index contributed by atoms with van der Waals surface area (Å²) >= 11 is 6.29. The smallest absolute Gasteiger partial charge is 0.325 e. The summed E-state index contributed by atoms with van der Waals surface area (Å²) < 4.78 is 79.1. The average Bonchev–Trinajstić information content (AvgIpc) is 2.67. The molecule has 3 rings (SSSR count). The molecule has 1 N–H and O–H groups in total. The molecule has 1 atom stereocenters. The lowest BCUT2D eigenvalue weighted by Crippen LogP contribution is -2.24. The maximum absolute atomic E-state index is 13.2. The molecule has 2 aromatic carbocycles. The molecule has 0 radical (unpaired) electrons. The average molecular weight is 480 g/mol. The number of benzene rings is 2. The van der Waals surface area contributed by atoms with Crippen LogP contribution in [-0.2, 0) is 17.1 Å². The molecule has 31 heavy (non-hydrogen) atoms. The Morgan fingerprint density at radius 2 is 1.71 bits per heavy atom. The normalized spacial score (nSPS) is 13.3. The zero-order valence-electron chi connectivity index (χ0n) is 15.5. The number of hydrogen-bond acceptors (Lipinski definition) is 4. The third-order valence-corrected chi connectivity index (χ3v) is 5.36. The molecule has 1 heterocycles. The summed E-state index contributed by atoms with van der Waals surface area (Å²) in [5, 5.41) is 1.08. The first kappa shape index (κ1) is 23.1. The van der Waals surface area contributed by atoms with E-state index < -0.39 is 40.6 Å². The van der Waals surface area contributed by atoms with Gasteiger partial charge in [0.1, 0.15) is 5.03 Å². The van der Waals surface area contributed by atoms with Crippen LogP contribution < -0.4 is 5.32 Å². The molecule has 0 aliphatic carbocycles. The molecule has 1 aromatic heterocycles. The Morgan fingerprint density at radius 3 is 2.35 bits per heavy atom. The molecule has 0 bridgehead atoms. The van der Waals surface area contributed by atoms with Crippen LogP contribution >= 0.6 is 23.4 Å². The van der Waals surface area contributed by atoms with Gasteiger partial charge in [0.25, 0.3) is 0 Å². The highest BCUT2D eigenvalue weighted by Crippen LogP contribution is 2.37. The van der Waals surface area contributed by atoms with Crippen molar-refractivity contribution in [2.75, 3.05) is 5.32 Å². The molecule has 0 spiro atoms. The van der Waals surface area contributed by atoms with Gasteiger partial charge in [-0.1, -0.05) is 41.6 Å². The topological polar surface area (TPSA) is 54.9 Å². The first-order chi connectivity index (χ1) is 14.4. The van der Waals surface area contributed by atoms with E-state index in [0.717, 1.165) is 6.07 Å². The summed E-state index contributed by atoms with van der Waals surface area (Å²) in [6.07, 6.45) is -9.58. The monoisotopic (exact) mass is 479 g/mol. The summed E-state index contributed by atoms with van der Waals surface area (Å²) in [5.41, 5.74) is -1.63. The van der Waals surface area contributed by atoms with Gasteiger partial charge in [-0.25, -0.2) is 9.97 Å². The minimum absolute atomic E-state index is 0.0250. The number of nitrogens with one attached hydrogen (secondary N) is 1. The van der Waals surface area contributed by atoms with Crippen molar-refractivity contribution in [1.29, 1.82) is 0 Å². The van der Waals surface area contributed by atoms with Gasteiger partial charge >= 0.3 is 12.4 Å². The van der Waals surface area contributed by atoms with E-state index in [1.807, 2.05) is 0 Å². The zero-order chi connectivity index (χ0) is 23.0. The van der Waals surface area contributed by atoms with Crippen LogP contribution in [0.4, 0.5) is 32.0 Å². The van der Waals surface area contributed by atoms with Gasteiger partial charge in [-0.15, -0.1) is 0 Å². The molecular formula is C19H12ClF6N3OS. The minimum atomic E-state index is -4.81. The molecule has 0 saturated carbocycles. The quantitative estimate of drug-likeness (QED) is 0.266. The predicted octanol–water partition coefficient (Wildman–Crippen LogP) is 6.44. The van der Waals surface area contributed by atoms with Gasteiger partial charge in [-0.05, 0) is 31.2 Å². The van der Waals surface area contributed by atoms with E-state index in [0.29, 0.717) is 17.8 Å². The van der Waals surface area contributed by atoms with E-state index in [-0.39, 0.29) is 21.0 Å². The first-order valence-corrected chi connectivity index (χ1v) is 9.80. The number of rotatable bonds is 4. The van der Waals surface area contributed by atoms with E-state index in [4.69, 9.17) is 11.6 Å². The van der Waals surface area contributed by atoms with E-state index in [1.165, 1.54) is 31.2 Å². The largest absolute Gasteiger partial charge is 0.451 e. The Morgan fingerprint density at radius 1 is 1.03 bits per heavy atom. The van der Waals surface area contributed by atoms with Crippen LogP contribution in [0.3, 0.4) is 0 Å². The lowest BCUT2D eigenvalue weighted by Gasteiger charge is -2.17. The summed E-state index contributed by atoms with van der Waals surface area (Å²) in [6.45, 7) is 1.34. The molecule has 164 valence electrons. The summed E-state index contributed by atoms with van der Waals surface area (Å²) in [7, 11) is 0. The number of alkyl halides is 6. The Labute approximate surface area is 181 Å². The van der Waals surface area contributed by atoms with Gasteiger partial charge in [-0.2, -0.15) is 26.3 Å². The number of halogens is 7. The highest BCUT2D eigenvalue weighted by molar-refractivity contribution is 8.00. The van der Waals surface area contributed by atoms with Crippen LogP contribution in [0.25, 0.3) is 10.9 Å². The second-order valence-electron chi connectivity index (χ2n) is 6.30. The van der Waals surface area contributed by atoms with Gasteiger partial charge in [-0.3, -0.25) is 4.79 Å². The number of fused-ring (bicyclic) bond motifs is 1. The molecule has 1 unspecified atom stereocenters. The molecular weight excluding hydrogens is 468 g/mol. The molecule has 0 saturated heterocycles. The van der Waals surface area contributed by atoms with Crippen molar-refractivity contribution in [2.45, 2.75) is 29.6 Å². The standard InChI is InChI=1S/C19H12ClF6N3OS/c1-9(15(30)27-14-7-6-10(20)8-12(14)18(21,22)23)31-16-11-4-2-3-5-13(11)28-17(29-16)19(24,25)26/h2-9H,1H3,(H,27,30). The Kier molecular flexibility index (Phi) is 6.38. The number of hydrogen-bond donors (Lipinski definition) is 1. The van der Waals surface area contributed by atoms with Crippen molar-refractivity contribution in [2.24, 2.45) is 0 Å². The van der Waals surface area contributed by atoms with E-state index in [2.05, 4.69) is 15.3 Å². The van der Waals surface area contributed by atoms with Crippen molar-refractivity contribution in [1.82, 2.24) is 9.97 Å². The zero-order valence-corrected chi connectivity index (χ0v) is 17.0. The maximum atomic E-state index is 13.2. The van der Waals surface area contributed by atoms with Gasteiger partial charge in [0.05, 0.1) is 22.0 Å². The highest BCUT2D eigenvalue weighted by atomic mass is 35.5. The fourth-order valence-corrected chi connectivity index (χ4v) is 3.69. The van der Waals surface area contributed by atoms with Crippen LogP contribution in [0.2, 0.25) is 5.02 Å². The molecule has 0 aliphatic heterocycles. The maximum Gasteiger partial charge on any atom is 0.451 e. The van der Waals surface area contributed by atoms with Crippen LogP contribution in [0.5, 0.6) is 0 Å². The second kappa shape index (κ2) is 8.54. The lowest BCUT2D eigenvalue weighted by atomic mass is 10.1. The second-order valence-corrected chi connectivity index (χ2v) is 8.07. The fraction of sp³-hybridized carbons (Fsp3) is 0.211. The number of para-hydroxylation sites is 1. The van der Waals surface area contributed by atoms with Gasteiger partial charge in [0, 0.05) is 10.4 Å². The van der Waals surface area contributed by atoms with Crippen molar-refractivity contribution in [3.05, 3.63) is 58.9 Å². The molecule has 1 amide bonds. The molecule has 4 nitrogen and oxygen atoms in total. The Bertz CT molecular complexity index is 1140. The third-order valence-electron chi connectivity index (χ3n) is 4.02. The lowest BCUT2D eigenvalue weighted by molar-refractivity contribution is -0.145. The number of aromatic nitrogens is 2. The molecule has 0 fully saturated rings. The number of carbonyl (C=O) groups is 1. The highest BCUT2D eigenvalue weighted by Gasteiger charge is 2.36. The predicted molar refractivity (Wildman–Crippen MR) is 105 cm³/mol. The summed E-state index contributed by atoms with van der Waals surface area (Å²) in [4.78, 5) is 19.5. The summed E-state index contributed by atoms with van der Waals surface area (Å²) in [5.74, 6) is -2.23. The molecule has 0 aliphatic rings. The van der Waals surface area contributed by atoms with Crippen molar-refractivity contribution < 1.29 is 31.1 Å². The number of nitrogens with zero attached hydrogens (tertiary/aromatic N) is 2. The Balaban J connectivity index is 1.90. The van der Waals surface area contributed by atoms with Crippen LogP contribution in [0.15, 0.2) is 47.5 Å². The fourth-order valence-electron chi connectivity index (χ4n) is 2.58. The van der Waals surface area contributed by atoms with E-state index in [9.17, 15) is 31.1 Å². The minimum Gasteiger partial charge on any atom is -0.325 e. The number of anilines is 1. The number of carbonyl (C=O) groups excluding carboxylic acids is 1. The Hall–Kier alpha value is -2.53. The van der Waals surface area contributed by atoms with Gasteiger partial charge in [0.2, 0.25) is 11.7 Å². The number of amides is 1. The first-order valence-electron chi connectivity index (χ1n) is 8.54. The van der Waals surface area contributed by atoms with Crippen LogP contribution in [0.1, 0.15) is 18.3 Å². The molecule has 3 aromatic rings. The number of thioether (sulfide) groups is 1. The van der Waals surface area contributed by atoms with Crippen molar-refractivity contribution in [3.63, 3.8) is 0 Å². The summed E-state index contributed by atoms with van der Waals surface area (Å²) in [6, 6.07) is 8.77. The van der Waals surface area contributed by atoms with Gasteiger partial charge < -0.3 is 5.32 Å². The third kappa shape index (κ3) is 5.40. The van der Waals surface area contributed by atoms with E-state index >= 15 is 0 Å². The van der Waals surface area contributed by atoms with Crippen LogP contribution in [0, 0.1) is 0 Å². The van der Waals surface area contributed by atoms with Crippen LogP contribution in [-0.4, -0.2) is 21.1 Å². The van der Waals surface area contributed by atoms with Crippen molar-refractivity contribution in [3.8, 4) is 0 Å². The van der Waals surface area contributed by atoms with Crippen molar-refractivity contribution >= 4 is 45.9 Å². The SMILES string of the molecule is CC(Sc1nc(C(F)(F)F)nc2ccccc12)C(=O)Nc1ccc(Cl)cc1C(F)(F)F. The van der Waals surface area contributed by atoms with Gasteiger partial charge in [0.15, 0.2) is 0 Å².